The van der Waals surface area contributed by atoms with Crippen LogP contribution in [0, 0.1) is 0 Å². The van der Waals surface area contributed by atoms with Gasteiger partial charge in [-0.25, -0.2) is 5.84 Å². The summed E-state index contributed by atoms with van der Waals surface area (Å²) in [6.07, 6.45) is 0.996. The fourth-order valence-electron chi connectivity index (χ4n) is 1.61. The number of carbonyl (C=O) groups is 1. The molecule has 0 aromatic rings. The van der Waals surface area contributed by atoms with Crippen LogP contribution in [0.25, 0.3) is 0 Å². The van der Waals surface area contributed by atoms with Crippen molar-refractivity contribution in [1.29, 1.82) is 0 Å². The van der Waals surface area contributed by atoms with Gasteiger partial charge in [0.1, 0.15) is 6.04 Å². The second-order valence-electron chi connectivity index (χ2n) is 3.81. The highest BCUT2D eigenvalue weighted by Gasteiger charge is 2.26. The van der Waals surface area contributed by atoms with Crippen LogP contribution in [0.3, 0.4) is 0 Å². The second-order valence-corrected chi connectivity index (χ2v) is 3.81. The maximum absolute atomic E-state index is 11.6. The van der Waals surface area contributed by atoms with Gasteiger partial charge in [0.2, 0.25) is 0 Å². The molecule has 0 aliphatic heterocycles. The van der Waals surface area contributed by atoms with Crippen molar-refractivity contribution in [1.82, 2.24) is 10.3 Å². The summed E-state index contributed by atoms with van der Waals surface area (Å²) in [5.74, 6) is 4.96. The van der Waals surface area contributed by atoms with Crippen molar-refractivity contribution in [2.75, 3.05) is 20.3 Å². The molecule has 0 spiro atoms. The molecular weight excluding hydrogens is 194 g/mol. The molecule has 5 heteroatoms. The number of methoxy groups -OCH3 is 1. The molecule has 0 heterocycles. The zero-order valence-electron chi connectivity index (χ0n) is 10.1. The number of nitrogens with two attached hydrogens (primary N) is 1. The van der Waals surface area contributed by atoms with E-state index in [2.05, 4.69) is 31.1 Å². The fraction of sp³-hybridized carbons (Fsp3) is 0.900. The summed E-state index contributed by atoms with van der Waals surface area (Å²) in [6, 6.07) is -0.0117. The first-order chi connectivity index (χ1) is 7.08. The molecule has 0 bridgehead atoms. The third-order valence-electron chi connectivity index (χ3n) is 2.31. The lowest BCUT2D eigenvalue weighted by Crippen LogP contribution is -2.53. The van der Waals surface area contributed by atoms with Crippen molar-refractivity contribution in [2.24, 2.45) is 5.84 Å². The van der Waals surface area contributed by atoms with Gasteiger partial charge in [0.25, 0.3) is 5.91 Å². The van der Waals surface area contributed by atoms with E-state index in [1.165, 1.54) is 0 Å². The van der Waals surface area contributed by atoms with E-state index in [1.54, 1.807) is 7.11 Å². The summed E-state index contributed by atoms with van der Waals surface area (Å²) in [5.41, 5.74) is 2.18. The molecule has 0 fully saturated rings. The largest absolute Gasteiger partial charge is 0.383 e. The first kappa shape index (κ1) is 14.3. The van der Waals surface area contributed by atoms with Crippen LogP contribution in [0.2, 0.25) is 0 Å². The van der Waals surface area contributed by atoms with Crippen LogP contribution in [-0.4, -0.2) is 43.2 Å². The Bertz CT molecular complexity index is 186. The van der Waals surface area contributed by atoms with Gasteiger partial charge in [-0.3, -0.25) is 15.1 Å². The minimum absolute atomic E-state index is 0.195. The van der Waals surface area contributed by atoms with Gasteiger partial charge in [-0.15, -0.1) is 0 Å². The third kappa shape index (κ3) is 4.59. The molecular formula is C10H23N3O2. The SMILES string of the molecule is CCCN(C(C)C)C(COC)C(=O)NN. The average Bonchev–Trinajstić information content (AvgIpc) is 2.21. The Morgan fingerprint density at radius 2 is 2.13 bits per heavy atom. The van der Waals surface area contributed by atoms with Crippen molar-refractivity contribution in [3.8, 4) is 0 Å². The first-order valence-corrected chi connectivity index (χ1v) is 5.33. The Hall–Kier alpha value is -0.650. The Morgan fingerprint density at radius 1 is 1.53 bits per heavy atom. The van der Waals surface area contributed by atoms with E-state index in [1.807, 2.05) is 0 Å². The molecule has 5 nitrogen and oxygen atoms in total. The number of nitrogens with zero attached hydrogens (tertiary/aromatic N) is 1. The lowest BCUT2D eigenvalue weighted by molar-refractivity contribution is -0.129. The number of nitrogens with one attached hydrogen (secondary N) is 1. The zero-order chi connectivity index (χ0) is 11.8. The molecule has 90 valence electrons. The number of ether oxygens (including phenoxy) is 1. The summed E-state index contributed by atoms with van der Waals surface area (Å²) in [6.45, 7) is 7.42. The Labute approximate surface area is 91.9 Å². The standard InChI is InChI=1S/C10H23N3O2/c1-5-6-13(8(2)3)9(7-15-4)10(14)12-11/h8-9H,5-7,11H2,1-4H3,(H,12,14). The number of amides is 1. The lowest BCUT2D eigenvalue weighted by atomic mass is 10.2. The van der Waals surface area contributed by atoms with Gasteiger partial charge in [0, 0.05) is 13.2 Å². The summed E-state index contributed by atoms with van der Waals surface area (Å²) in [4.78, 5) is 13.7. The molecule has 1 atom stereocenters. The van der Waals surface area contributed by atoms with Gasteiger partial charge in [0.15, 0.2) is 0 Å². The molecule has 0 aliphatic carbocycles. The highest BCUT2D eigenvalue weighted by molar-refractivity contribution is 5.81. The third-order valence-corrected chi connectivity index (χ3v) is 2.31. The normalized spacial score (nSPS) is 13.3. The van der Waals surface area contributed by atoms with Crippen LogP contribution < -0.4 is 11.3 Å². The maximum Gasteiger partial charge on any atom is 0.253 e. The van der Waals surface area contributed by atoms with Crippen LogP contribution in [0.4, 0.5) is 0 Å². The van der Waals surface area contributed by atoms with E-state index in [4.69, 9.17) is 10.6 Å². The number of hydrogen-bond donors (Lipinski definition) is 2. The van der Waals surface area contributed by atoms with Gasteiger partial charge < -0.3 is 4.74 Å². The van der Waals surface area contributed by atoms with Crippen molar-refractivity contribution in [2.45, 2.75) is 39.3 Å². The van der Waals surface area contributed by atoms with Crippen molar-refractivity contribution >= 4 is 5.91 Å². The van der Waals surface area contributed by atoms with E-state index in [0.29, 0.717) is 12.6 Å². The highest BCUT2D eigenvalue weighted by Crippen LogP contribution is 2.07. The number of hydrazine groups is 1. The molecule has 0 aliphatic rings. The summed E-state index contributed by atoms with van der Waals surface area (Å²) in [5, 5.41) is 0. The van der Waals surface area contributed by atoms with E-state index < -0.39 is 0 Å². The molecule has 0 saturated heterocycles. The molecule has 0 rings (SSSR count). The predicted molar refractivity (Wildman–Crippen MR) is 60.1 cm³/mol. The number of rotatable bonds is 7. The van der Waals surface area contributed by atoms with Crippen LogP contribution in [0.1, 0.15) is 27.2 Å². The van der Waals surface area contributed by atoms with Gasteiger partial charge in [-0.1, -0.05) is 6.92 Å². The lowest BCUT2D eigenvalue weighted by Gasteiger charge is -2.32. The smallest absolute Gasteiger partial charge is 0.253 e. The summed E-state index contributed by atoms with van der Waals surface area (Å²) in [7, 11) is 1.58. The average molecular weight is 217 g/mol. The first-order valence-electron chi connectivity index (χ1n) is 5.33. The van der Waals surface area contributed by atoms with Crippen LogP contribution in [0.15, 0.2) is 0 Å². The minimum Gasteiger partial charge on any atom is -0.383 e. The van der Waals surface area contributed by atoms with Crippen molar-refractivity contribution < 1.29 is 9.53 Å². The van der Waals surface area contributed by atoms with E-state index in [-0.39, 0.29) is 11.9 Å². The van der Waals surface area contributed by atoms with E-state index in [9.17, 15) is 4.79 Å². The van der Waals surface area contributed by atoms with Crippen LogP contribution in [0.5, 0.6) is 0 Å². The molecule has 15 heavy (non-hydrogen) atoms. The second kappa shape index (κ2) is 7.62. The Morgan fingerprint density at radius 3 is 2.47 bits per heavy atom. The van der Waals surface area contributed by atoms with Gasteiger partial charge >= 0.3 is 0 Å². The summed E-state index contributed by atoms with van der Waals surface area (Å²) >= 11 is 0. The number of hydrogen-bond acceptors (Lipinski definition) is 4. The number of carbonyl (C=O) groups excluding carboxylic acids is 1. The zero-order valence-corrected chi connectivity index (χ0v) is 10.1. The van der Waals surface area contributed by atoms with Crippen LogP contribution in [-0.2, 0) is 9.53 Å². The summed E-state index contributed by atoms with van der Waals surface area (Å²) < 4.78 is 5.05. The molecule has 0 radical (unpaired) electrons. The Balaban J connectivity index is 4.58. The van der Waals surface area contributed by atoms with Crippen LogP contribution >= 0.6 is 0 Å². The van der Waals surface area contributed by atoms with E-state index >= 15 is 0 Å². The monoisotopic (exact) mass is 217 g/mol. The molecule has 0 aromatic carbocycles. The van der Waals surface area contributed by atoms with Gasteiger partial charge in [-0.2, -0.15) is 0 Å². The molecule has 1 amide bonds. The fourth-order valence-corrected chi connectivity index (χ4v) is 1.61. The molecule has 0 saturated carbocycles. The predicted octanol–water partition coefficient (Wildman–Crippen LogP) is 0.112. The van der Waals surface area contributed by atoms with Crippen molar-refractivity contribution in [3.05, 3.63) is 0 Å². The Kier molecular flexibility index (Phi) is 7.29. The molecule has 1 unspecified atom stereocenters. The van der Waals surface area contributed by atoms with Gasteiger partial charge in [-0.05, 0) is 26.8 Å². The topological polar surface area (TPSA) is 67.6 Å². The maximum atomic E-state index is 11.6. The van der Waals surface area contributed by atoms with E-state index in [0.717, 1.165) is 13.0 Å². The van der Waals surface area contributed by atoms with Gasteiger partial charge in [0.05, 0.1) is 6.61 Å². The van der Waals surface area contributed by atoms with Crippen molar-refractivity contribution in [3.63, 3.8) is 0 Å². The quantitative estimate of drug-likeness (QED) is 0.361. The molecule has 0 aromatic heterocycles. The molecule has 3 N–H and O–H groups in total. The highest BCUT2D eigenvalue weighted by atomic mass is 16.5. The minimum atomic E-state index is -0.306.